The number of rotatable bonds is 0. The molecular weight excluding hydrogens is 128 g/mol. The summed E-state index contributed by atoms with van der Waals surface area (Å²) in [5, 5.41) is 0. The van der Waals surface area contributed by atoms with E-state index in [0.717, 1.165) is 26.2 Å². The fraction of sp³-hybridized carbons (Fsp3) is 1.00. The van der Waals surface area contributed by atoms with E-state index in [1.54, 1.807) is 0 Å². The Hall–Kier alpha value is -0.0800. The van der Waals surface area contributed by atoms with Gasteiger partial charge in [-0.05, 0) is 25.7 Å². The van der Waals surface area contributed by atoms with Crippen molar-refractivity contribution in [3.63, 3.8) is 0 Å². The minimum atomic E-state index is 0.181. The average molecular weight is 142 g/mol. The Bertz CT molecular complexity index is 108. The lowest BCUT2D eigenvalue weighted by Gasteiger charge is -2.19. The lowest BCUT2D eigenvalue weighted by atomic mass is 10.3. The van der Waals surface area contributed by atoms with E-state index in [9.17, 15) is 0 Å². The highest BCUT2D eigenvalue weighted by molar-refractivity contribution is 4.95. The highest BCUT2D eigenvalue weighted by atomic mass is 16.5. The highest BCUT2D eigenvalue weighted by Crippen LogP contribution is 2.40. The molecule has 1 heterocycles. The van der Waals surface area contributed by atoms with E-state index < -0.39 is 0 Å². The summed E-state index contributed by atoms with van der Waals surface area (Å²) >= 11 is 0. The van der Waals surface area contributed by atoms with Crippen LogP contribution in [0.25, 0.3) is 0 Å². The van der Waals surface area contributed by atoms with E-state index in [2.05, 4.69) is 0 Å². The predicted octanol–water partition coefficient (Wildman–Crippen LogP) is 1.35. The van der Waals surface area contributed by atoms with Crippen LogP contribution < -0.4 is 0 Å². The first-order valence-corrected chi connectivity index (χ1v) is 4.13. The van der Waals surface area contributed by atoms with E-state index in [-0.39, 0.29) is 5.60 Å². The van der Waals surface area contributed by atoms with Crippen molar-refractivity contribution in [3.8, 4) is 0 Å². The van der Waals surface area contributed by atoms with Crippen molar-refractivity contribution in [2.24, 2.45) is 0 Å². The van der Waals surface area contributed by atoms with E-state index >= 15 is 0 Å². The Morgan fingerprint density at radius 1 is 1.00 bits per heavy atom. The van der Waals surface area contributed by atoms with Gasteiger partial charge < -0.3 is 9.47 Å². The molecule has 0 aromatic carbocycles. The maximum absolute atomic E-state index is 5.66. The minimum Gasteiger partial charge on any atom is -0.378 e. The second-order valence-corrected chi connectivity index (χ2v) is 3.29. The van der Waals surface area contributed by atoms with Gasteiger partial charge in [0.1, 0.15) is 0 Å². The molecule has 1 saturated heterocycles. The molecule has 10 heavy (non-hydrogen) atoms. The molecule has 0 radical (unpaired) electrons. The molecule has 0 amide bonds. The zero-order valence-corrected chi connectivity index (χ0v) is 6.27. The van der Waals surface area contributed by atoms with Crippen LogP contribution in [-0.2, 0) is 9.47 Å². The van der Waals surface area contributed by atoms with Gasteiger partial charge >= 0.3 is 0 Å². The van der Waals surface area contributed by atoms with Crippen molar-refractivity contribution < 1.29 is 9.47 Å². The highest BCUT2D eigenvalue weighted by Gasteiger charge is 2.44. The third-order valence-corrected chi connectivity index (χ3v) is 2.26. The maximum atomic E-state index is 5.66. The van der Waals surface area contributed by atoms with Crippen LogP contribution in [0.5, 0.6) is 0 Å². The summed E-state index contributed by atoms with van der Waals surface area (Å²) in [5.74, 6) is 0. The van der Waals surface area contributed by atoms with Crippen LogP contribution in [0.2, 0.25) is 0 Å². The molecule has 1 aliphatic heterocycles. The van der Waals surface area contributed by atoms with Gasteiger partial charge in [-0.1, -0.05) is 0 Å². The lowest BCUT2D eigenvalue weighted by Crippen LogP contribution is -2.24. The Labute approximate surface area is 61.5 Å². The fourth-order valence-corrected chi connectivity index (χ4v) is 1.32. The van der Waals surface area contributed by atoms with E-state index in [4.69, 9.17) is 9.47 Å². The predicted molar refractivity (Wildman–Crippen MR) is 38.0 cm³/mol. The maximum Gasteiger partial charge on any atom is 0.0917 e. The summed E-state index contributed by atoms with van der Waals surface area (Å²) in [5.41, 5.74) is 0.181. The van der Waals surface area contributed by atoms with Gasteiger partial charge in [0.05, 0.1) is 12.2 Å². The molecule has 2 nitrogen and oxygen atoms in total. The summed E-state index contributed by atoms with van der Waals surface area (Å²) in [6.45, 7) is 2.72. The lowest BCUT2D eigenvalue weighted by molar-refractivity contribution is -0.0535. The van der Waals surface area contributed by atoms with Crippen molar-refractivity contribution in [2.75, 3.05) is 19.8 Å². The SMILES string of the molecule is C1CCOC2(CC2)COC1. The second-order valence-electron chi connectivity index (χ2n) is 3.29. The summed E-state index contributed by atoms with van der Waals surface area (Å²) in [7, 11) is 0. The zero-order chi connectivity index (χ0) is 6.86. The van der Waals surface area contributed by atoms with Gasteiger partial charge in [-0.3, -0.25) is 0 Å². The number of ether oxygens (including phenoxy) is 2. The average Bonchev–Trinajstić information content (AvgIpc) is 2.61. The van der Waals surface area contributed by atoms with Crippen LogP contribution >= 0.6 is 0 Å². The van der Waals surface area contributed by atoms with Crippen LogP contribution in [0, 0.1) is 0 Å². The van der Waals surface area contributed by atoms with Gasteiger partial charge in [-0.2, -0.15) is 0 Å². The topological polar surface area (TPSA) is 18.5 Å². The quantitative estimate of drug-likeness (QED) is 0.508. The largest absolute Gasteiger partial charge is 0.378 e. The summed E-state index contributed by atoms with van der Waals surface area (Å²) < 4.78 is 11.1. The molecule has 1 aliphatic carbocycles. The van der Waals surface area contributed by atoms with Crippen LogP contribution in [0.1, 0.15) is 25.7 Å². The Kier molecular flexibility index (Phi) is 1.66. The number of hydrogen-bond donors (Lipinski definition) is 0. The van der Waals surface area contributed by atoms with Gasteiger partial charge in [0.2, 0.25) is 0 Å². The third-order valence-electron chi connectivity index (χ3n) is 2.26. The molecule has 0 aromatic rings. The van der Waals surface area contributed by atoms with E-state index in [0.29, 0.717) is 0 Å². The Morgan fingerprint density at radius 3 is 2.60 bits per heavy atom. The normalized spacial score (nSPS) is 31.2. The monoisotopic (exact) mass is 142 g/mol. The summed E-state index contributed by atoms with van der Waals surface area (Å²) in [6, 6.07) is 0. The fourth-order valence-electron chi connectivity index (χ4n) is 1.32. The van der Waals surface area contributed by atoms with Crippen molar-refractivity contribution in [1.29, 1.82) is 0 Å². The molecule has 2 fully saturated rings. The molecule has 1 saturated carbocycles. The molecule has 2 rings (SSSR count). The Balaban J connectivity index is 1.84. The summed E-state index contributed by atoms with van der Waals surface area (Å²) in [4.78, 5) is 0. The van der Waals surface area contributed by atoms with Crippen LogP contribution in [0.3, 0.4) is 0 Å². The molecule has 0 bridgehead atoms. The van der Waals surface area contributed by atoms with Gasteiger partial charge in [0.25, 0.3) is 0 Å². The molecule has 1 spiro atoms. The van der Waals surface area contributed by atoms with Crippen LogP contribution in [0.15, 0.2) is 0 Å². The van der Waals surface area contributed by atoms with Gasteiger partial charge in [-0.25, -0.2) is 0 Å². The van der Waals surface area contributed by atoms with Gasteiger partial charge in [0, 0.05) is 13.2 Å². The molecule has 0 N–H and O–H groups in total. The standard InChI is InChI=1S/C8H14O2/c1-2-6-10-8(3-4-8)7-9-5-1/h1-7H2. The van der Waals surface area contributed by atoms with Crippen LogP contribution in [-0.4, -0.2) is 25.4 Å². The van der Waals surface area contributed by atoms with Crippen molar-refractivity contribution in [1.82, 2.24) is 0 Å². The first kappa shape index (κ1) is 6.62. The molecule has 58 valence electrons. The van der Waals surface area contributed by atoms with E-state index in [1.807, 2.05) is 0 Å². The molecule has 0 atom stereocenters. The first-order valence-electron chi connectivity index (χ1n) is 4.13. The Morgan fingerprint density at radius 2 is 1.80 bits per heavy atom. The van der Waals surface area contributed by atoms with Crippen molar-refractivity contribution in [3.05, 3.63) is 0 Å². The second kappa shape index (κ2) is 2.51. The minimum absolute atomic E-state index is 0.181. The van der Waals surface area contributed by atoms with Gasteiger partial charge in [-0.15, -0.1) is 0 Å². The molecule has 0 aromatic heterocycles. The first-order chi connectivity index (χ1) is 4.91. The molecule has 2 heteroatoms. The van der Waals surface area contributed by atoms with Crippen molar-refractivity contribution >= 4 is 0 Å². The molecule has 2 aliphatic rings. The van der Waals surface area contributed by atoms with Crippen molar-refractivity contribution in [2.45, 2.75) is 31.3 Å². The smallest absolute Gasteiger partial charge is 0.0917 e. The van der Waals surface area contributed by atoms with E-state index in [1.165, 1.54) is 19.3 Å². The molecular formula is C8H14O2. The zero-order valence-electron chi connectivity index (χ0n) is 6.27. The third kappa shape index (κ3) is 1.32. The summed E-state index contributed by atoms with van der Waals surface area (Å²) in [6.07, 6.45) is 4.76. The van der Waals surface area contributed by atoms with Crippen LogP contribution in [0.4, 0.5) is 0 Å². The number of hydrogen-bond acceptors (Lipinski definition) is 2. The molecule has 0 unspecified atom stereocenters. The van der Waals surface area contributed by atoms with Gasteiger partial charge in [0.15, 0.2) is 0 Å².